The van der Waals surface area contributed by atoms with E-state index in [1.807, 2.05) is 18.2 Å². The van der Waals surface area contributed by atoms with Crippen molar-refractivity contribution in [3.05, 3.63) is 30.3 Å². The van der Waals surface area contributed by atoms with Crippen molar-refractivity contribution in [2.24, 2.45) is 0 Å². The fraction of sp³-hybridized carbons (Fsp3) is 0.250. The Kier molecular flexibility index (Phi) is 2.45. The maximum absolute atomic E-state index is 9.13. The van der Waals surface area contributed by atoms with Gasteiger partial charge in [0.1, 0.15) is 18.9 Å². The first-order valence-corrected chi connectivity index (χ1v) is 5.32. The maximum atomic E-state index is 9.13. The van der Waals surface area contributed by atoms with Crippen LogP contribution in [-0.4, -0.2) is 23.3 Å². The predicted octanol–water partition coefficient (Wildman–Crippen LogP) is 1.61. The summed E-state index contributed by atoms with van der Waals surface area (Å²) >= 11 is 0. The van der Waals surface area contributed by atoms with Gasteiger partial charge in [0.2, 0.25) is 0 Å². The fourth-order valence-electron chi connectivity index (χ4n) is 1.80. The summed E-state index contributed by atoms with van der Waals surface area (Å²) in [5.41, 5.74) is 1.33. The highest BCUT2D eigenvalue weighted by Gasteiger charge is 2.15. The second-order valence-corrected chi connectivity index (χ2v) is 3.64. The molecule has 3 rings (SSSR count). The van der Waals surface area contributed by atoms with Gasteiger partial charge in [-0.05, 0) is 18.2 Å². The van der Waals surface area contributed by atoms with Crippen molar-refractivity contribution in [2.45, 2.75) is 6.61 Å². The molecule has 17 heavy (non-hydrogen) atoms. The number of aromatic nitrogens is 1. The van der Waals surface area contributed by atoms with Crippen LogP contribution in [0.2, 0.25) is 0 Å². The first-order valence-electron chi connectivity index (χ1n) is 5.32. The van der Waals surface area contributed by atoms with Crippen LogP contribution in [0.15, 0.2) is 29.0 Å². The highest BCUT2D eigenvalue weighted by molar-refractivity contribution is 5.64. The number of aliphatic hydroxyl groups excluding tert-OH is 1. The van der Waals surface area contributed by atoms with Crippen LogP contribution in [0.1, 0.15) is 5.69 Å². The highest BCUT2D eigenvalue weighted by atomic mass is 16.6. The third-order valence-corrected chi connectivity index (χ3v) is 2.60. The van der Waals surface area contributed by atoms with Crippen molar-refractivity contribution in [3.8, 4) is 22.8 Å². The number of hydrogen-bond donors (Lipinski definition) is 1. The van der Waals surface area contributed by atoms with Gasteiger partial charge in [0, 0.05) is 5.56 Å². The second-order valence-electron chi connectivity index (χ2n) is 3.64. The molecular formula is C12H11NO4. The van der Waals surface area contributed by atoms with Gasteiger partial charge in [-0.3, -0.25) is 0 Å². The van der Waals surface area contributed by atoms with E-state index in [0.29, 0.717) is 30.4 Å². The molecule has 2 heterocycles. The second kappa shape index (κ2) is 4.10. The molecule has 1 aromatic carbocycles. The number of oxazole rings is 1. The smallest absolute Gasteiger partial charge is 0.181 e. The van der Waals surface area contributed by atoms with Crippen molar-refractivity contribution in [2.75, 3.05) is 13.2 Å². The monoisotopic (exact) mass is 233 g/mol. The molecule has 0 spiro atoms. The summed E-state index contributed by atoms with van der Waals surface area (Å²) in [6.07, 6.45) is 1.32. The Bertz CT molecular complexity index is 535. The van der Waals surface area contributed by atoms with Crippen LogP contribution in [0.3, 0.4) is 0 Å². The molecule has 0 amide bonds. The van der Waals surface area contributed by atoms with Gasteiger partial charge in [0.25, 0.3) is 0 Å². The summed E-state index contributed by atoms with van der Waals surface area (Å²) in [7, 11) is 0. The van der Waals surface area contributed by atoms with Gasteiger partial charge in [-0.25, -0.2) is 4.98 Å². The summed E-state index contributed by atoms with van der Waals surface area (Å²) in [6, 6.07) is 5.51. The average Bonchev–Trinajstić information content (AvgIpc) is 2.86. The Morgan fingerprint density at radius 3 is 2.82 bits per heavy atom. The van der Waals surface area contributed by atoms with Crippen LogP contribution in [0.5, 0.6) is 11.5 Å². The number of ether oxygens (including phenoxy) is 2. The fourth-order valence-corrected chi connectivity index (χ4v) is 1.80. The van der Waals surface area contributed by atoms with E-state index in [2.05, 4.69) is 4.98 Å². The zero-order chi connectivity index (χ0) is 11.7. The number of benzene rings is 1. The van der Waals surface area contributed by atoms with E-state index in [0.717, 1.165) is 11.3 Å². The zero-order valence-corrected chi connectivity index (χ0v) is 9.05. The van der Waals surface area contributed by atoms with E-state index in [-0.39, 0.29) is 6.61 Å². The normalized spacial score (nSPS) is 13.7. The number of rotatable bonds is 2. The Labute approximate surface area is 97.6 Å². The molecule has 5 heteroatoms. The third-order valence-electron chi connectivity index (χ3n) is 2.60. The third kappa shape index (κ3) is 1.74. The Morgan fingerprint density at radius 1 is 1.18 bits per heavy atom. The van der Waals surface area contributed by atoms with Crippen LogP contribution < -0.4 is 9.47 Å². The molecule has 0 bridgehead atoms. The number of fused-ring (bicyclic) bond motifs is 1. The minimum atomic E-state index is -0.153. The van der Waals surface area contributed by atoms with Gasteiger partial charge >= 0.3 is 0 Å². The molecule has 1 N–H and O–H groups in total. The minimum absolute atomic E-state index is 0.153. The largest absolute Gasteiger partial charge is 0.486 e. The summed E-state index contributed by atoms with van der Waals surface area (Å²) in [5.74, 6) is 1.98. The Balaban J connectivity index is 2.04. The molecule has 0 unspecified atom stereocenters. The van der Waals surface area contributed by atoms with Crippen LogP contribution in [-0.2, 0) is 6.61 Å². The van der Waals surface area contributed by atoms with Gasteiger partial charge < -0.3 is 19.0 Å². The van der Waals surface area contributed by atoms with Crippen molar-refractivity contribution in [1.29, 1.82) is 0 Å². The van der Waals surface area contributed by atoms with Crippen LogP contribution in [0.4, 0.5) is 0 Å². The summed E-state index contributed by atoms with van der Waals surface area (Å²) in [4.78, 5) is 3.93. The predicted molar refractivity (Wildman–Crippen MR) is 58.9 cm³/mol. The van der Waals surface area contributed by atoms with E-state index in [9.17, 15) is 0 Å². The SMILES string of the molecule is OCc1ncoc1-c1ccc2c(c1)OCCO2. The lowest BCUT2D eigenvalue weighted by atomic mass is 10.1. The lowest BCUT2D eigenvalue weighted by Crippen LogP contribution is -2.15. The van der Waals surface area contributed by atoms with Gasteiger partial charge in [-0.2, -0.15) is 0 Å². The Hall–Kier alpha value is -2.01. The van der Waals surface area contributed by atoms with Gasteiger partial charge in [-0.15, -0.1) is 0 Å². The number of nitrogens with zero attached hydrogens (tertiary/aromatic N) is 1. The van der Waals surface area contributed by atoms with E-state index >= 15 is 0 Å². The summed E-state index contributed by atoms with van der Waals surface area (Å²) < 4.78 is 16.2. The average molecular weight is 233 g/mol. The molecule has 0 fully saturated rings. The van der Waals surface area contributed by atoms with Gasteiger partial charge in [-0.1, -0.05) is 0 Å². The number of aliphatic hydroxyl groups is 1. The van der Waals surface area contributed by atoms with Crippen molar-refractivity contribution in [1.82, 2.24) is 4.98 Å². The minimum Gasteiger partial charge on any atom is -0.486 e. The summed E-state index contributed by atoms with van der Waals surface area (Å²) in [6.45, 7) is 0.955. The molecule has 0 radical (unpaired) electrons. The zero-order valence-electron chi connectivity index (χ0n) is 9.05. The molecule has 0 aliphatic carbocycles. The molecule has 88 valence electrons. The lowest BCUT2D eigenvalue weighted by Gasteiger charge is -2.18. The lowest BCUT2D eigenvalue weighted by molar-refractivity contribution is 0.171. The molecule has 0 atom stereocenters. The van der Waals surface area contributed by atoms with Crippen LogP contribution in [0, 0.1) is 0 Å². The topological polar surface area (TPSA) is 64.7 Å². The first kappa shape index (κ1) is 10.2. The van der Waals surface area contributed by atoms with Gasteiger partial charge in [0.15, 0.2) is 23.7 Å². The molecule has 2 aromatic rings. The number of hydrogen-bond acceptors (Lipinski definition) is 5. The molecule has 0 saturated heterocycles. The van der Waals surface area contributed by atoms with Crippen molar-refractivity contribution >= 4 is 0 Å². The van der Waals surface area contributed by atoms with Gasteiger partial charge in [0.05, 0.1) is 6.61 Å². The molecule has 1 aliphatic rings. The van der Waals surface area contributed by atoms with Crippen molar-refractivity contribution in [3.63, 3.8) is 0 Å². The van der Waals surface area contributed by atoms with Crippen LogP contribution in [0.25, 0.3) is 11.3 Å². The Morgan fingerprint density at radius 2 is 2.00 bits per heavy atom. The standard InChI is InChI=1S/C12H11NO4/c14-6-9-12(17-7-13-9)8-1-2-10-11(5-8)16-4-3-15-10/h1-2,5,7,14H,3-4,6H2. The first-order chi connectivity index (χ1) is 8.38. The quantitative estimate of drug-likeness (QED) is 0.853. The van der Waals surface area contributed by atoms with Crippen LogP contribution >= 0.6 is 0 Å². The molecule has 0 saturated carbocycles. The molecule has 5 nitrogen and oxygen atoms in total. The van der Waals surface area contributed by atoms with E-state index < -0.39 is 0 Å². The van der Waals surface area contributed by atoms with E-state index in [1.54, 1.807) is 0 Å². The van der Waals surface area contributed by atoms with E-state index in [4.69, 9.17) is 19.0 Å². The molecular weight excluding hydrogens is 222 g/mol. The molecule has 1 aromatic heterocycles. The van der Waals surface area contributed by atoms with E-state index in [1.165, 1.54) is 6.39 Å². The highest BCUT2D eigenvalue weighted by Crippen LogP contribution is 2.35. The maximum Gasteiger partial charge on any atom is 0.181 e. The van der Waals surface area contributed by atoms with Crippen molar-refractivity contribution < 1.29 is 19.0 Å². The summed E-state index contributed by atoms with van der Waals surface area (Å²) in [5, 5.41) is 9.13. The molecule has 1 aliphatic heterocycles.